The van der Waals surface area contributed by atoms with E-state index in [4.69, 9.17) is 10.5 Å². The number of ether oxygens (including phenoxy) is 1. The molecular formula is C21H25N3O2. The first-order chi connectivity index (χ1) is 12.7. The van der Waals surface area contributed by atoms with Crippen molar-refractivity contribution in [3.8, 4) is 0 Å². The maximum absolute atomic E-state index is 12.6. The number of anilines is 2. The number of benzene rings is 2. The van der Waals surface area contributed by atoms with Crippen molar-refractivity contribution >= 4 is 17.3 Å². The molecule has 3 N–H and O–H groups in total. The summed E-state index contributed by atoms with van der Waals surface area (Å²) in [4.78, 5) is 14.9. The van der Waals surface area contributed by atoms with Crippen LogP contribution in [0.2, 0.25) is 0 Å². The van der Waals surface area contributed by atoms with Crippen LogP contribution in [0.1, 0.15) is 24.0 Å². The first kappa shape index (κ1) is 17.1. The van der Waals surface area contributed by atoms with Crippen LogP contribution in [-0.4, -0.2) is 31.2 Å². The zero-order valence-corrected chi connectivity index (χ0v) is 14.9. The highest BCUT2D eigenvalue weighted by Crippen LogP contribution is 2.30. The zero-order valence-electron chi connectivity index (χ0n) is 14.9. The highest BCUT2D eigenvalue weighted by Gasteiger charge is 2.30. The molecule has 0 bridgehead atoms. The third kappa shape index (κ3) is 3.45. The Hall–Kier alpha value is -2.37. The average Bonchev–Trinajstić information content (AvgIpc) is 3.31. The van der Waals surface area contributed by atoms with E-state index in [1.54, 1.807) is 0 Å². The highest BCUT2D eigenvalue weighted by atomic mass is 16.5. The molecule has 2 heterocycles. The van der Waals surface area contributed by atoms with Crippen molar-refractivity contribution in [1.82, 2.24) is 0 Å². The lowest BCUT2D eigenvalue weighted by Crippen LogP contribution is -2.30. The summed E-state index contributed by atoms with van der Waals surface area (Å²) < 4.78 is 5.72. The molecule has 2 aromatic rings. The first-order valence-electron chi connectivity index (χ1n) is 9.32. The molecule has 5 nitrogen and oxygen atoms in total. The van der Waals surface area contributed by atoms with Crippen LogP contribution in [0, 0.1) is 0 Å². The van der Waals surface area contributed by atoms with E-state index >= 15 is 0 Å². The smallest absolute Gasteiger partial charge is 0.253 e. The minimum Gasteiger partial charge on any atom is -0.367 e. The van der Waals surface area contributed by atoms with Crippen LogP contribution in [0.4, 0.5) is 11.4 Å². The fourth-order valence-electron chi connectivity index (χ4n) is 3.84. The molecule has 5 heteroatoms. The topological polar surface area (TPSA) is 67.6 Å². The van der Waals surface area contributed by atoms with Crippen molar-refractivity contribution in [2.45, 2.75) is 38.0 Å². The third-order valence-electron chi connectivity index (χ3n) is 5.28. The second kappa shape index (κ2) is 7.48. The van der Waals surface area contributed by atoms with Crippen molar-refractivity contribution < 1.29 is 9.53 Å². The molecule has 0 radical (unpaired) electrons. The molecular weight excluding hydrogens is 326 g/mol. The maximum Gasteiger partial charge on any atom is 0.253 e. The lowest BCUT2D eigenvalue weighted by molar-refractivity contribution is -0.126. The Balaban J connectivity index is 1.47. The molecule has 1 saturated heterocycles. The predicted octanol–water partition coefficient (Wildman–Crippen LogP) is 2.69. The van der Waals surface area contributed by atoms with Gasteiger partial charge in [0.2, 0.25) is 0 Å². The SMILES string of the molecule is NC[C@H]1CC[C@@H](C(=O)Nc2ccccc2CN2CCc3ccccc32)O1. The molecule has 0 saturated carbocycles. The van der Waals surface area contributed by atoms with Gasteiger partial charge in [0, 0.05) is 31.0 Å². The second-order valence-electron chi connectivity index (χ2n) is 7.01. The first-order valence-corrected chi connectivity index (χ1v) is 9.32. The van der Waals surface area contributed by atoms with Crippen LogP contribution < -0.4 is 16.0 Å². The molecule has 0 aromatic heterocycles. The molecule has 1 fully saturated rings. The normalized spacial score (nSPS) is 21.7. The number of carbonyl (C=O) groups excluding carboxylic acids is 1. The summed E-state index contributed by atoms with van der Waals surface area (Å²) >= 11 is 0. The van der Waals surface area contributed by atoms with E-state index in [9.17, 15) is 4.79 Å². The van der Waals surface area contributed by atoms with Crippen LogP contribution >= 0.6 is 0 Å². The fraction of sp³-hybridized carbons (Fsp3) is 0.381. The Morgan fingerprint density at radius 1 is 1.15 bits per heavy atom. The molecule has 4 rings (SSSR count). The zero-order chi connectivity index (χ0) is 17.9. The van der Waals surface area contributed by atoms with Gasteiger partial charge in [-0.15, -0.1) is 0 Å². The van der Waals surface area contributed by atoms with Gasteiger partial charge in [0.1, 0.15) is 6.10 Å². The summed E-state index contributed by atoms with van der Waals surface area (Å²) in [6.45, 7) is 2.25. The Labute approximate surface area is 154 Å². The fourth-order valence-corrected chi connectivity index (χ4v) is 3.84. The van der Waals surface area contributed by atoms with Crippen molar-refractivity contribution in [2.75, 3.05) is 23.3 Å². The number of rotatable bonds is 5. The number of amides is 1. The molecule has 0 aliphatic carbocycles. The lowest BCUT2D eigenvalue weighted by atomic mass is 10.1. The van der Waals surface area contributed by atoms with Crippen molar-refractivity contribution in [1.29, 1.82) is 0 Å². The highest BCUT2D eigenvalue weighted by molar-refractivity contribution is 5.95. The van der Waals surface area contributed by atoms with E-state index in [2.05, 4.69) is 40.5 Å². The summed E-state index contributed by atoms with van der Waals surface area (Å²) in [7, 11) is 0. The average molecular weight is 351 g/mol. The van der Waals surface area contributed by atoms with Gasteiger partial charge in [-0.2, -0.15) is 0 Å². The third-order valence-corrected chi connectivity index (χ3v) is 5.28. The van der Waals surface area contributed by atoms with Gasteiger partial charge in [0.25, 0.3) is 5.91 Å². The molecule has 0 unspecified atom stereocenters. The number of nitrogens with one attached hydrogen (secondary N) is 1. The minimum atomic E-state index is -0.399. The van der Waals surface area contributed by atoms with Crippen molar-refractivity contribution in [3.05, 3.63) is 59.7 Å². The molecule has 2 aliphatic rings. The Morgan fingerprint density at radius 2 is 1.96 bits per heavy atom. The van der Waals surface area contributed by atoms with Crippen LogP contribution in [-0.2, 0) is 22.5 Å². The van der Waals surface area contributed by atoms with Gasteiger partial charge in [-0.3, -0.25) is 4.79 Å². The number of para-hydroxylation sites is 2. The monoisotopic (exact) mass is 351 g/mol. The van der Waals surface area contributed by atoms with Gasteiger partial charge in [0.15, 0.2) is 0 Å². The van der Waals surface area contributed by atoms with E-state index < -0.39 is 6.10 Å². The van der Waals surface area contributed by atoms with Crippen molar-refractivity contribution in [2.24, 2.45) is 5.73 Å². The lowest BCUT2D eigenvalue weighted by Gasteiger charge is -2.22. The van der Waals surface area contributed by atoms with Gasteiger partial charge in [-0.1, -0.05) is 36.4 Å². The molecule has 26 heavy (non-hydrogen) atoms. The molecule has 136 valence electrons. The summed E-state index contributed by atoms with van der Waals surface area (Å²) in [5.41, 5.74) is 10.3. The number of nitrogens with two attached hydrogens (primary N) is 1. The number of hydrogen-bond donors (Lipinski definition) is 2. The number of nitrogens with zero attached hydrogens (tertiary/aromatic N) is 1. The van der Waals surface area contributed by atoms with E-state index in [0.29, 0.717) is 6.54 Å². The molecule has 0 spiro atoms. The number of fused-ring (bicyclic) bond motifs is 1. The van der Waals surface area contributed by atoms with Crippen LogP contribution in [0.5, 0.6) is 0 Å². The maximum atomic E-state index is 12.6. The summed E-state index contributed by atoms with van der Waals surface area (Å²) in [5, 5.41) is 3.06. The van der Waals surface area contributed by atoms with E-state index in [1.807, 2.05) is 18.2 Å². The molecule has 2 aromatic carbocycles. The molecule has 2 aliphatic heterocycles. The molecule has 2 atom stereocenters. The van der Waals surface area contributed by atoms with E-state index in [0.717, 1.165) is 43.6 Å². The van der Waals surface area contributed by atoms with Crippen LogP contribution in [0.25, 0.3) is 0 Å². The Bertz CT molecular complexity index is 792. The van der Waals surface area contributed by atoms with Crippen molar-refractivity contribution in [3.63, 3.8) is 0 Å². The summed E-state index contributed by atoms with van der Waals surface area (Å²) in [5.74, 6) is -0.0739. The molecule has 1 amide bonds. The van der Waals surface area contributed by atoms with Gasteiger partial charge in [0.05, 0.1) is 6.10 Å². The number of hydrogen-bond acceptors (Lipinski definition) is 4. The van der Waals surface area contributed by atoms with Gasteiger partial charge < -0.3 is 20.7 Å². The predicted molar refractivity (Wildman–Crippen MR) is 103 cm³/mol. The largest absolute Gasteiger partial charge is 0.367 e. The summed E-state index contributed by atoms with van der Waals surface area (Å²) in [6, 6.07) is 16.5. The quantitative estimate of drug-likeness (QED) is 0.869. The Morgan fingerprint density at radius 3 is 2.81 bits per heavy atom. The van der Waals surface area contributed by atoms with Gasteiger partial charge in [-0.05, 0) is 42.5 Å². The standard InChI is InChI=1S/C21H25N3O2/c22-13-17-9-10-20(26-17)21(25)23-18-7-3-1-6-16(18)14-24-12-11-15-5-2-4-8-19(15)24/h1-8,17,20H,9-14,22H2,(H,23,25)/t17-,20+/m1/s1. The number of carbonyl (C=O) groups is 1. The van der Waals surface area contributed by atoms with Gasteiger partial charge in [-0.25, -0.2) is 0 Å². The van der Waals surface area contributed by atoms with E-state index in [1.165, 1.54) is 11.3 Å². The van der Waals surface area contributed by atoms with E-state index in [-0.39, 0.29) is 12.0 Å². The summed E-state index contributed by atoms with van der Waals surface area (Å²) in [6.07, 6.45) is 2.25. The van der Waals surface area contributed by atoms with Gasteiger partial charge >= 0.3 is 0 Å². The van der Waals surface area contributed by atoms with Crippen LogP contribution in [0.15, 0.2) is 48.5 Å². The van der Waals surface area contributed by atoms with Crippen LogP contribution in [0.3, 0.4) is 0 Å². The minimum absolute atomic E-state index is 0.00194. The Kier molecular flexibility index (Phi) is 4.91. The second-order valence-corrected chi connectivity index (χ2v) is 7.01.